The van der Waals surface area contributed by atoms with Gasteiger partial charge in [0, 0.05) is 18.1 Å². The highest BCUT2D eigenvalue weighted by Gasteiger charge is 2.05. The van der Waals surface area contributed by atoms with Crippen molar-refractivity contribution in [1.82, 2.24) is 0 Å². The molecule has 0 saturated heterocycles. The van der Waals surface area contributed by atoms with Crippen molar-refractivity contribution in [3.05, 3.63) is 30.1 Å². The van der Waals surface area contributed by atoms with E-state index in [1.54, 1.807) is 0 Å². The summed E-state index contributed by atoms with van der Waals surface area (Å²) in [5, 5.41) is 0. The summed E-state index contributed by atoms with van der Waals surface area (Å²) in [6.45, 7) is 8.00. The highest BCUT2D eigenvalue weighted by molar-refractivity contribution is 5.09. The van der Waals surface area contributed by atoms with E-state index < -0.39 is 0 Å². The quantitative estimate of drug-likeness (QED) is 0.293. The van der Waals surface area contributed by atoms with Gasteiger partial charge in [-0.1, -0.05) is 78.6 Å². The van der Waals surface area contributed by atoms with Crippen molar-refractivity contribution < 1.29 is 4.57 Å². The van der Waals surface area contributed by atoms with Crippen LogP contribution >= 0.6 is 0 Å². The number of pyridine rings is 1. The summed E-state index contributed by atoms with van der Waals surface area (Å²) in [6.07, 6.45) is 20.1. The standard InChI is InChI=1S/C21H38N/c1-4-5-6-7-8-9-10-11-12-13-14-17-22-18-15-16-21(19-22)20(2)3/h15-16,18-20H,4-14,17H2,1-3H3/q+1. The van der Waals surface area contributed by atoms with Gasteiger partial charge in [0.05, 0.1) is 0 Å². The number of aromatic nitrogens is 1. The smallest absolute Gasteiger partial charge is 0.172 e. The molecule has 0 amide bonds. The van der Waals surface area contributed by atoms with Crippen LogP contribution in [0.4, 0.5) is 0 Å². The second kappa shape index (κ2) is 12.7. The minimum Gasteiger partial charge on any atom is -0.205 e. The minimum absolute atomic E-state index is 0.629. The molecule has 1 heteroatoms. The fourth-order valence-corrected chi connectivity index (χ4v) is 2.98. The summed E-state index contributed by atoms with van der Waals surface area (Å²) in [4.78, 5) is 0. The Morgan fingerprint density at radius 3 is 1.91 bits per heavy atom. The average molecular weight is 305 g/mol. The van der Waals surface area contributed by atoms with Crippen molar-refractivity contribution >= 4 is 0 Å². The summed E-state index contributed by atoms with van der Waals surface area (Å²) in [5.41, 5.74) is 1.45. The van der Waals surface area contributed by atoms with Crippen LogP contribution in [0.3, 0.4) is 0 Å². The molecule has 22 heavy (non-hydrogen) atoms. The first-order chi connectivity index (χ1) is 10.7. The van der Waals surface area contributed by atoms with Crippen LogP contribution < -0.4 is 4.57 Å². The van der Waals surface area contributed by atoms with Gasteiger partial charge in [-0.15, -0.1) is 0 Å². The molecular formula is C21H38N+. The number of aryl methyl sites for hydroxylation is 1. The largest absolute Gasteiger partial charge is 0.205 e. The molecule has 0 saturated carbocycles. The predicted octanol–water partition coefficient (Wildman–Crippen LogP) is 6.41. The second-order valence-corrected chi connectivity index (χ2v) is 7.07. The summed E-state index contributed by atoms with van der Waals surface area (Å²) in [5.74, 6) is 0.629. The topological polar surface area (TPSA) is 3.88 Å². The monoisotopic (exact) mass is 304 g/mol. The van der Waals surface area contributed by atoms with E-state index in [9.17, 15) is 0 Å². The van der Waals surface area contributed by atoms with Crippen molar-refractivity contribution in [1.29, 1.82) is 0 Å². The molecule has 0 atom stereocenters. The number of hydrogen-bond acceptors (Lipinski definition) is 0. The first-order valence-electron chi connectivity index (χ1n) is 9.73. The molecule has 0 bridgehead atoms. The third-order valence-corrected chi connectivity index (χ3v) is 4.57. The van der Waals surface area contributed by atoms with Crippen molar-refractivity contribution in [3.8, 4) is 0 Å². The molecular weight excluding hydrogens is 266 g/mol. The summed E-state index contributed by atoms with van der Waals surface area (Å²) >= 11 is 0. The molecule has 0 aliphatic carbocycles. The van der Waals surface area contributed by atoms with E-state index in [0.717, 1.165) is 0 Å². The van der Waals surface area contributed by atoms with Crippen LogP contribution in [0.2, 0.25) is 0 Å². The molecule has 0 N–H and O–H groups in total. The van der Waals surface area contributed by atoms with Gasteiger partial charge < -0.3 is 0 Å². The zero-order valence-electron chi connectivity index (χ0n) is 15.3. The summed E-state index contributed by atoms with van der Waals surface area (Å²) in [6, 6.07) is 4.43. The zero-order valence-corrected chi connectivity index (χ0v) is 15.3. The van der Waals surface area contributed by atoms with Crippen LogP contribution in [-0.4, -0.2) is 0 Å². The van der Waals surface area contributed by atoms with Crippen LogP contribution in [0.15, 0.2) is 24.5 Å². The molecule has 0 unspecified atom stereocenters. The molecule has 1 nitrogen and oxygen atoms in total. The minimum atomic E-state index is 0.629. The normalized spacial score (nSPS) is 11.3. The van der Waals surface area contributed by atoms with Crippen molar-refractivity contribution in [2.24, 2.45) is 0 Å². The van der Waals surface area contributed by atoms with Gasteiger partial charge in [0.2, 0.25) is 0 Å². The highest BCUT2D eigenvalue weighted by Crippen LogP contribution is 2.12. The maximum atomic E-state index is 2.36. The molecule has 126 valence electrons. The molecule has 0 fully saturated rings. The van der Waals surface area contributed by atoms with E-state index in [1.165, 1.54) is 82.7 Å². The first-order valence-corrected chi connectivity index (χ1v) is 9.73. The maximum absolute atomic E-state index is 2.36. The summed E-state index contributed by atoms with van der Waals surface area (Å²) < 4.78 is 2.36. The van der Waals surface area contributed by atoms with Crippen LogP contribution in [0.25, 0.3) is 0 Å². The van der Waals surface area contributed by atoms with Gasteiger partial charge in [-0.25, -0.2) is 4.57 Å². The Bertz CT molecular complexity index is 370. The highest BCUT2D eigenvalue weighted by atomic mass is 14.9. The Hall–Kier alpha value is -0.850. The molecule has 0 aliphatic rings. The molecule has 1 aromatic heterocycles. The molecule has 1 aromatic rings. The molecule has 1 rings (SSSR count). The second-order valence-electron chi connectivity index (χ2n) is 7.07. The van der Waals surface area contributed by atoms with Gasteiger partial charge >= 0.3 is 0 Å². The van der Waals surface area contributed by atoms with Crippen LogP contribution in [-0.2, 0) is 6.54 Å². The fourth-order valence-electron chi connectivity index (χ4n) is 2.98. The Balaban J connectivity index is 1.96. The van der Waals surface area contributed by atoms with Crippen molar-refractivity contribution in [3.63, 3.8) is 0 Å². The van der Waals surface area contributed by atoms with Gasteiger partial charge in [-0.05, 0) is 18.4 Å². The van der Waals surface area contributed by atoms with E-state index in [4.69, 9.17) is 0 Å². The molecule has 0 spiro atoms. The molecule has 0 radical (unpaired) electrons. The zero-order chi connectivity index (χ0) is 16.0. The Labute approximate surface area is 139 Å². The third kappa shape index (κ3) is 9.23. The lowest BCUT2D eigenvalue weighted by atomic mass is 10.1. The van der Waals surface area contributed by atoms with Crippen LogP contribution in [0.1, 0.15) is 103 Å². The lowest BCUT2D eigenvalue weighted by Gasteiger charge is -2.04. The number of nitrogens with zero attached hydrogens (tertiary/aromatic N) is 1. The van der Waals surface area contributed by atoms with Gasteiger partial charge in [0.15, 0.2) is 12.4 Å². The first kappa shape index (κ1) is 19.2. The number of hydrogen-bond donors (Lipinski definition) is 0. The van der Waals surface area contributed by atoms with E-state index >= 15 is 0 Å². The lowest BCUT2D eigenvalue weighted by molar-refractivity contribution is -0.697. The third-order valence-electron chi connectivity index (χ3n) is 4.57. The molecule has 1 heterocycles. The predicted molar refractivity (Wildman–Crippen MR) is 97.2 cm³/mol. The SMILES string of the molecule is CCCCCCCCCCCCC[n+]1cccc(C(C)C)c1. The van der Waals surface area contributed by atoms with E-state index in [0.29, 0.717) is 5.92 Å². The van der Waals surface area contributed by atoms with Crippen molar-refractivity contribution in [2.75, 3.05) is 0 Å². The van der Waals surface area contributed by atoms with Gasteiger partial charge in [0.25, 0.3) is 0 Å². The van der Waals surface area contributed by atoms with Crippen molar-refractivity contribution in [2.45, 2.75) is 104 Å². The summed E-state index contributed by atoms with van der Waals surface area (Å²) in [7, 11) is 0. The Morgan fingerprint density at radius 2 is 1.36 bits per heavy atom. The van der Waals surface area contributed by atoms with Gasteiger partial charge in [-0.2, -0.15) is 0 Å². The Kier molecular flexibility index (Phi) is 11.1. The number of unbranched alkanes of at least 4 members (excludes halogenated alkanes) is 10. The molecule has 0 aromatic carbocycles. The van der Waals surface area contributed by atoms with E-state index in [-0.39, 0.29) is 0 Å². The van der Waals surface area contributed by atoms with E-state index in [2.05, 4.69) is 49.9 Å². The Morgan fingerprint density at radius 1 is 0.818 bits per heavy atom. The van der Waals surface area contributed by atoms with Crippen LogP contribution in [0.5, 0.6) is 0 Å². The fraction of sp³-hybridized carbons (Fsp3) is 0.762. The van der Waals surface area contributed by atoms with Gasteiger partial charge in [0.1, 0.15) is 6.54 Å². The number of rotatable bonds is 13. The van der Waals surface area contributed by atoms with Gasteiger partial charge in [-0.3, -0.25) is 0 Å². The molecule has 0 aliphatic heterocycles. The lowest BCUT2D eigenvalue weighted by Crippen LogP contribution is -2.33. The maximum Gasteiger partial charge on any atom is 0.172 e. The average Bonchev–Trinajstić information content (AvgIpc) is 2.53. The van der Waals surface area contributed by atoms with E-state index in [1.807, 2.05) is 0 Å². The van der Waals surface area contributed by atoms with Crippen LogP contribution in [0, 0.1) is 0 Å².